The third-order valence-electron chi connectivity index (χ3n) is 1.94. The van der Waals surface area contributed by atoms with Crippen molar-refractivity contribution >= 4 is 11.8 Å². The van der Waals surface area contributed by atoms with E-state index in [9.17, 15) is 9.59 Å². The van der Waals surface area contributed by atoms with Gasteiger partial charge in [-0.25, -0.2) is 0 Å². The number of carbonyl (C=O) groups excluding carboxylic acids is 2. The Balaban J connectivity index is 0.000000791. The third-order valence-corrected chi connectivity index (χ3v) is 1.94. The first-order chi connectivity index (χ1) is 6.63. The Morgan fingerprint density at radius 3 is 2.21 bits per heavy atom. The van der Waals surface area contributed by atoms with E-state index in [0.29, 0.717) is 19.5 Å². The summed E-state index contributed by atoms with van der Waals surface area (Å²) in [6.45, 7) is 8.68. The normalized spacial score (nSPS) is 15.0. The molecule has 1 fully saturated rings. The van der Waals surface area contributed by atoms with Crippen LogP contribution in [0.1, 0.15) is 34.1 Å². The molecule has 1 saturated heterocycles. The summed E-state index contributed by atoms with van der Waals surface area (Å²) in [4.78, 5) is 23.4. The zero-order chi connectivity index (χ0) is 11.1. The van der Waals surface area contributed by atoms with Gasteiger partial charge in [-0.1, -0.05) is 20.8 Å². The van der Waals surface area contributed by atoms with Crippen LogP contribution in [0.5, 0.6) is 0 Å². The molecule has 4 heteroatoms. The van der Waals surface area contributed by atoms with Gasteiger partial charge in [0.25, 0.3) is 0 Å². The summed E-state index contributed by atoms with van der Waals surface area (Å²) < 4.78 is 0. The lowest BCUT2D eigenvalue weighted by molar-refractivity contribution is -0.137. The van der Waals surface area contributed by atoms with Gasteiger partial charge in [0, 0.05) is 26.4 Å². The van der Waals surface area contributed by atoms with E-state index in [4.69, 9.17) is 0 Å². The van der Waals surface area contributed by atoms with E-state index in [1.54, 1.807) is 4.90 Å². The second kappa shape index (κ2) is 6.40. The van der Waals surface area contributed by atoms with Gasteiger partial charge in [0.05, 0.1) is 6.04 Å². The van der Waals surface area contributed by atoms with Gasteiger partial charge in [-0.3, -0.25) is 9.59 Å². The van der Waals surface area contributed by atoms with Crippen LogP contribution in [0.4, 0.5) is 0 Å². The summed E-state index contributed by atoms with van der Waals surface area (Å²) in [6.07, 6.45) is 0.548. The molecule has 0 saturated carbocycles. The van der Waals surface area contributed by atoms with E-state index in [-0.39, 0.29) is 17.9 Å². The van der Waals surface area contributed by atoms with Gasteiger partial charge in [-0.05, 0) is 0 Å². The highest BCUT2D eigenvalue weighted by atomic mass is 16.2. The number of rotatable bonds is 2. The molecular formula is C10H20N2O2. The Morgan fingerprint density at radius 1 is 1.36 bits per heavy atom. The molecule has 2 amide bonds. The summed E-state index contributed by atoms with van der Waals surface area (Å²) >= 11 is 0. The highest BCUT2D eigenvalue weighted by Crippen LogP contribution is 2.08. The molecule has 1 heterocycles. The van der Waals surface area contributed by atoms with Gasteiger partial charge in [0.2, 0.25) is 11.8 Å². The Bertz CT molecular complexity index is 198. The van der Waals surface area contributed by atoms with E-state index in [1.807, 2.05) is 20.8 Å². The molecule has 14 heavy (non-hydrogen) atoms. The molecular weight excluding hydrogens is 180 g/mol. The molecule has 0 unspecified atom stereocenters. The maximum Gasteiger partial charge on any atom is 0.222 e. The van der Waals surface area contributed by atoms with Crippen molar-refractivity contribution in [1.29, 1.82) is 0 Å². The molecule has 0 aromatic rings. The molecule has 0 aromatic carbocycles. The summed E-state index contributed by atoms with van der Waals surface area (Å²) in [5, 5.41) is 2.76. The first kappa shape index (κ1) is 12.9. The minimum Gasteiger partial charge on any atom is -0.350 e. The molecule has 0 spiro atoms. The number of nitrogens with one attached hydrogen (secondary N) is 1. The van der Waals surface area contributed by atoms with Crippen LogP contribution in [0.3, 0.4) is 0 Å². The summed E-state index contributed by atoms with van der Waals surface area (Å²) in [5.41, 5.74) is 0. The van der Waals surface area contributed by atoms with E-state index >= 15 is 0 Å². The van der Waals surface area contributed by atoms with E-state index in [2.05, 4.69) is 5.32 Å². The molecule has 1 N–H and O–H groups in total. The van der Waals surface area contributed by atoms with Gasteiger partial charge in [-0.15, -0.1) is 0 Å². The second-order valence-electron chi connectivity index (χ2n) is 3.05. The minimum atomic E-state index is -0.0244. The number of hydrogen-bond donors (Lipinski definition) is 1. The van der Waals surface area contributed by atoms with E-state index < -0.39 is 0 Å². The van der Waals surface area contributed by atoms with Crippen molar-refractivity contribution in [2.45, 2.75) is 40.2 Å². The van der Waals surface area contributed by atoms with Crippen LogP contribution < -0.4 is 5.32 Å². The van der Waals surface area contributed by atoms with E-state index in [0.717, 1.165) is 0 Å². The second-order valence-corrected chi connectivity index (χ2v) is 3.05. The van der Waals surface area contributed by atoms with Crippen molar-refractivity contribution in [3.05, 3.63) is 0 Å². The molecule has 0 aromatic heterocycles. The average molecular weight is 200 g/mol. The molecule has 82 valence electrons. The number of likely N-dealkylation sites (tertiary alicyclic amines) is 1. The molecule has 1 aliphatic rings. The number of amides is 2. The molecule has 1 rings (SSSR count). The topological polar surface area (TPSA) is 49.4 Å². The van der Waals surface area contributed by atoms with Crippen molar-refractivity contribution in [3.63, 3.8) is 0 Å². The van der Waals surface area contributed by atoms with Crippen LogP contribution >= 0.6 is 0 Å². The highest BCUT2D eigenvalue weighted by Gasteiger charge is 2.29. The smallest absolute Gasteiger partial charge is 0.222 e. The summed E-state index contributed by atoms with van der Waals surface area (Å²) in [6, 6.07) is 0.179. The Labute approximate surface area is 85.7 Å². The Kier molecular flexibility index (Phi) is 5.92. The van der Waals surface area contributed by atoms with Crippen molar-refractivity contribution in [2.24, 2.45) is 0 Å². The van der Waals surface area contributed by atoms with Crippen LogP contribution in [0.2, 0.25) is 0 Å². The lowest BCUT2D eigenvalue weighted by Gasteiger charge is -2.39. The number of hydrogen-bond acceptors (Lipinski definition) is 2. The third kappa shape index (κ3) is 3.77. The quantitative estimate of drug-likeness (QED) is 0.715. The lowest BCUT2D eigenvalue weighted by atomic mass is 10.1. The molecule has 0 aliphatic carbocycles. The Hall–Kier alpha value is -1.06. The zero-order valence-electron chi connectivity index (χ0n) is 9.46. The largest absolute Gasteiger partial charge is 0.350 e. The van der Waals surface area contributed by atoms with Crippen LogP contribution in [0.15, 0.2) is 0 Å². The first-order valence-corrected chi connectivity index (χ1v) is 5.18. The van der Waals surface area contributed by atoms with Gasteiger partial charge in [-0.2, -0.15) is 0 Å². The van der Waals surface area contributed by atoms with Gasteiger partial charge in [0.15, 0.2) is 0 Å². The lowest BCUT2D eigenvalue weighted by Crippen LogP contribution is -2.60. The maximum atomic E-state index is 11.0. The molecule has 0 radical (unpaired) electrons. The Morgan fingerprint density at radius 2 is 1.86 bits per heavy atom. The predicted octanol–water partition coefficient (Wildman–Crippen LogP) is 0.770. The van der Waals surface area contributed by atoms with Crippen LogP contribution in [-0.4, -0.2) is 35.8 Å². The molecule has 4 nitrogen and oxygen atoms in total. The first-order valence-electron chi connectivity index (χ1n) is 5.18. The fraction of sp³-hybridized carbons (Fsp3) is 0.800. The minimum absolute atomic E-state index is 0.0244. The van der Waals surface area contributed by atoms with Gasteiger partial charge >= 0.3 is 0 Å². The fourth-order valence-corrected chi connectivity index (χ4v) is 1.28. The van der Waals surface area contributed by atoms with Gasteiger partial charge in [0.1, 0.15) is 0 Å². The molecule has 0 atom stereocenters. The monoisotopic (exact) mass is 200 g/mol. The number of carbonyl (C=O) groups is 2. The van der Waals surface area contributed by atoms with Crippen molar-refractivity contribution < 1.29 is 9.59 Å². The van der Waals surface area contributed by atoms with Crippen LogP contribution in [-0.2, 0) is 9.59 Å². The maximum absolute atomic E-state index is 11.0. The van der Waals surface area contributed by atoms with Crippen LogP contribution in [0, 0.1) is 0 Å². The van der Waals surface area contributed by atoms with Crippen LogP contribution in [0.25, 0.3) is 0 Å². The SMILES string of the molecule is CC.CCC(=O)N1CC(NC(C)=O)C1. The molecule has 0 bridgehead atoms. The highest BCUT2D eigenvalue weighted by molar-refractivity contribution is 5.78. The number of nitrogens with zero attached hydrogens (tertiary/aromatic N) is 1. The molecule has 1 aliphatic heterocycles. The summed E-state index contributed by atoms with van der Waals surface area (Å²) in [7, 11) is 0. The zero-order valence-corrected chi connectivity index (χ0v) is 9.46. The summed E-state index contributed by atoms with van der Waals surface area (Å²) in [5.74, 6) is 0.139. The standard InChI is InChI=1S/C8H14N2O2.C2H6/c1-3-8(12)10-4-7(5-10)9-6(2)11;1-2/h7H,3-5H2,1-2H3,(H,9,11);1-2H3. The van der Waals surface area contributed by atoms with Gasteiger partial charge < -0.3 is 10.2 Å². The average Bonchev–Trinajstić information content (AvgIpc) is 2.12. The van der Waals surface area contributed by atoms with Crippen molar-refractivity contribution in [3.8, 4) is 0 Å². The van der Waals surface area contributed by atoms with Crippen molar-refractivity contribution in [2.75, 3.05) is 13.1 Å². The van der Waals surface area contributed by atoms with E-state index in [1.165, 1.54) is 6.92 Å². The van der Waals surface area contributed by atoms with Crippen molar-refractivity contribution in [1.82, 2.24) is 10.2 Å². The fourth-order valence-electron chi connectivity index (χ4n) is 1.28. The predicted molar refractivity (Wildman–Crippen MR) is 55.8 cm³/mol.